The number of sulfone groups is 1. The van der Waals surface area contributed by atoms with Gasteiger partial charge in [-0.05, 0) is 30.7 Å². The molecular weight excluding hydrogens is 295 g/mol. The Hall–Kier alpha value is -1.89. The predicted molar refractivity (Wildman–Crippen MR) is 77.4 cm³/mol. The molecule has 0 aliphatic carbocycles. The van der Waals surface area contributed by atoms with E-state index < -0.39 is 9.84 Å². The zero-order chi connectivity index (χ0) is 15.2. The van der Waals surface area contributed by atoms with Gasteiger partial charge in [-0.25, -0.2) is 12.8 Å². The summed E-state index contributed by atoms with van der Waals surface area (Å²) in [7, 11) is -1.44. The van der Waals surface area contributed by atoms with Gasteiger partial charge in [-0.15, -0.1) is 0 Å². The molecule has 1 aliphatic rings. The summed E-state index contributed by atoms with van der Waals surface area (Å²) in [4.78, 5) is 16.8. The Morgan fingerprint density at radius 2 is 2.14 bits per heavy atom. The highest BCUT2D eigenvalue weighted by Gasteiger charge is 2.33. The molecule has 1 aliphatic heterocycles. The lowest BCUT2D eigenvalue weighted by atomic mass is 10.2. The molecule has 0 bridgehead atoms. The van der Waals surface area contributed by atoms with Crippen molar-refractivity contribution in [1.82, 2.24) is 9.88 Å². The minimum absolute atomic E-state index is 0.00406. The number of H-pyrrole nitrogens is 1. The van der Waals surface area contributed by atoms with E-state index in [0.29, 0.717) is 23.0 Å². The van der Waals surface area contributed by atoms with Crippen molar-refractivity contribution in [2.24, 2.45) is 0 Å². The lowest BCUT2D eigenvalue weighted by molar-refractivity contribution is 0.0743. The SMILES string of the molecule is CN(C(=O)c1cc2cc(F)ccc2[nH]1)[C@@H]1CCS(=O)(=O)C1. The van der Waals surface area contributed by atoms with E-state index in [2.05, 4.69) is 4.98 Å². The van der Waals surface area contributed by atoms with Gasteiger partial charge in [-0.2, -0.15) is 0 Å². The van der Waals surface area contributed by atoms with E-state index in [1.807, 2.05) is 0 Å². The molecule has 1 saturated heterocycles. The van der Waals surface area contributed by atoms with E-state index in [-0.39, 0.29) is 29.3 Å². The van der Waals surface area contributed by atoms with E-state index in [0.717, 1.165) is 0 Å². The Labute approximate surface area is 121 Å². The fraction of sp³-hybridized carbons (Fsp3) is 0.357. The van der Waals surface area contributed by atoms with Crippen molar-refractivity contribution in [1.29, 1.82) is 0 Å². The van der Waals surface area contributed by atoms with Crippen LogP contribution in [0.5, 0.6) is 0 Å². The number of benzene rings is 1. The molecule has 0 spiro atoms. The first-order chi connectivity index (χ1) is 9.85. The standard InChI is InChI=1S/C14H15FN2O3S/c1-17(11-4-5-21(19,20)8-11)14(18)13-7-9-6-10(15)2-3-12(9)16-13/h2-3,6-7,11,16H,4-5,8H2,1H3/t11-/m1/s1. The first kappa shape index (κ1) is 14.1. The molecule has 1 atom stereocenters. The number of carbonyl (C=O) groups excluding carboxylic acids is 1. The summed E-state index contributed by atoms with van der Waals surface area (Å²) in [6.45, 7) is 0. The first-order valence-corrected chi connectivity index (χ1v) is 8.44. The maximum atomic E-state index is 13.2. The number of nitrogens with zero attached hydrogens (tertiary/aromatic N) is 1. The maximum Gasteiger partial charge on any atom is 0.270 e. The largest absolute Gasteiger partial charge is 0.351 e. The Balaban J connectivity index is 1.86. The zero-order valence-electron chi connectivity index (χ0n) is 11.5. The number of aromatic nitrogens is 1. The lowest BCUT2D eigenvalue weighted by Gasteiger charge is -2.22. The molecule has 0 radical (unpaired) electrons. The molecule has 7 heteroatoms. The molecule has 0 unspecified atom stereocenters. The highest BCUT2D eigenvalue weighted by Crippen LogP contribution is 2.21. The number of aromatic amines is 1. The molecule has 112 valence electrons. The van der Waals surface area contributed by atoms with Crippen LogP contribution < -0.4 is 0 Å². The van der Waals surface area contributed by atoms with Gasteiger partial charge in [-0.3, -0.25) is 4.79 Å². The number of hydrogen-bond donors (Lipinski definition) is 1. The molecule has 21 heavy (non-hydrogen) atoms. The third-order valence-electron chi connectivity index (χ3n) is 3.89. The monoisotopic (exact) mass is 310 g/mol. The minimum atomic E-state index is -3.04. The van der Waals surface area contributed by atoms with Crippen LogP contribution in [0.15, 0.2) is 24.3 Å². The van der Waals surface area contributed by atoms with Gasteiger partial charge in [0.1, 0.15) is 11.5 Å². The number of amides is 1. The first-order valence-electron chi connectivity index (χ1n) is 6.61. The van der Waals surface area contributed by atoms with Gasteiger partial charge < -0.3 is 9.88 Å². The second-order valence-electron chi connectivity index (χ2n) is 5.39. The lowest BCUT2D eigenvalue weighted by Crippen LogP contribution is -2.37. The van der Waals surface area contributed by atoms with Crippen LogP contribution in [0.1, 0.15) is 16.9 Å². The molecule has 5 nitrogen and oxygen atoms in total. The highest BCUT2D eigenvalue weighted by molar-refractivity contribution is 7.91. The van der Waals surface area contributed by atoms with Crippen LogP contribution in [0.2, 0.25) is 0 Å². The van der Waals surface area contributed by atoms with Crippen LogP contribution in [-0.4, -0.2) is 48.8 Å². The third kappa shape index (κ3) is 2.65. The zero-order valence-corrected chi connectivity index (χ0v) is 12.3. The summed E-state index contributed by atoms with van der Waals surface area (Å²) in [6, 6.07) is 5.52. The van der Waals surface area contributed by atoms with Gasteiger partial charge in [0.15, 0.2) is 9.84 Å². The summed E-state index contributed by atoms with van der Waals surface area (Å²) in [5.41, 5.74) is 1.01. The number of fused-ring (bicyclic) bond motifs is 1. The van der Waals surface area contributed by atoms with Crippen molar-refractivity contribution in [3.05, 3.63) is 35.8 Å². The Morgan fingerprint density at radius 3 is 2.81 bits per heavy atom. The quantitative estimate of drug-likeness (QED) is 0.915. The average Bonchev–Trinajstić information content (AvgIpc) is 2.99. The van der Waals surface area contributed by atoms with E-state index in [9.17, 15) is 17.6 Å². The predicted octanol–water partition coefficient (Wildman–Crippen LogP) is 1.57. The van der Waals surface area contributed by atoms with Crippen molar-refractivity contribution in [2.75, 3.05) is 18.6 Å². The van der Waals surface area contributed by atoms with Crippen LogP contribution in [0.25, 0.3) is 10.9 Å². The molecule has 0 saturated carbocycles. The number of rotatable bonds is 2. The second-order valence-corrected chi connectivity index (χ2v) is 7.62. The van der Waals surface area contributed by atoms with E-state index in [1.54, 1.807) is 19.2 Å². The van der Waals surface area contributed by atoms with Gasteiger partial charge in [0.25, 0.3) is 5.91 Å². The van der Waals surface area contributed by atoms with Crippen molar-refractivity contribution in [2.45, 2.75) is 12.5 Å². The van der Waals surface area contributed by atoms with Gasteiger partial charge in [0.2, 0.25) is 0 Å². The molecule has 1 aromatic heterocycles. The summed E-state index contributed by atoms with van der Waals surface area (Å²) in [5.74, 6) is -0.526. The van der Waals surface area contributed by atoms with Crippen LogP contribution in [0.4, 0.5) is 4.39 Å². The molecule has 1 fully saturated rings. The molecule has 2 aromatic rings. The van der Waals surface area contributed by atoms with Gasteiger partial charge >= 0.3 is 0 Å². The minimum Gasteiger partial charge on any atom is -0.351 e. The van der Waals surface area contributed by atoms with E-state index in [4.69, 9.17) is 0 Å². The van der Waals surface area contributed by atoms with Crippen molar-refractivity contribution >= 4 is 26.6 Å². The summed E-state index contributed by atoms with van der Waals surface area (Å²) in [5, 5.41) is 0.616. The molecule has 3 rings (SSSR count). The fourth-order valence-electron chi connectivity index (χ4n) is 2.66. The van der Waals surface area contributed by atoms with Crippen molar-refractivity contribution < 1.29 is 17.6 Å². The highest BCUT2D eigenvalue weighted by atomic mass is 32.2. The summed E-state index contributed by atoms with van der Waals surface area (Å²) in [6.07, 6.45) is 0.458. The van der Waals surface area contributed by atoms with E-state index >= 15 is 0 Å². The third-order valence-corrected chi connectivity index (χ3v) is 5.64. The molecule has 1 N–H and O–H groups in total. The summed E-state index contributed by atoms with van der Waals surface area (Å²) < 4.78 is 36.2. The van der Waals surface area contributed by atoms with Gasteiger partial charge in [0.05, 0.1) is 11.5 Å². The second kappa shape index (κ2) is 4.84. The Morgan fingerprint density at radius 1 is 1.38 bits per heavy atom. The number of nitrogens with one attached hydrogen (secondary N) is 1. The van der Waals surface area contributed by atoms with Gasteiger partial charge in [-0.1, -0.05) is 0 Å². The molecule has 1 aromatic carbocycles. The van der Waals surface area contributed by atoms with Crippen molar-refractivity contribution in [3.8, 4) is 0 Å². The van der Waals surface area contributed by atoms with Gasteiger partial charge in [0, 0.05) is 24.0 Å². The normalized spacial score (nSPS) is 20.8. The van der Waals surface area contributed by atoms with Crippen LogP contribution in [0, 0.1) is 5.82 Å². The molecule has 1 amide bonds. The fourth-order valence-corrected chi connectivity index (χ4v) is 4.43. The average molecular weight is 310 g/mol. The maximum absolute atomic E-state index is 13.2. The van der Waals surface area contributed by atoms with Crippen LogP contribution in [0.3, 0.4) is 0 Å². The molecular formula is C14H15FN2O3S. The topological polar surface area (TPSA) is 70.2 Å². The number of hydrogen-bond acceptors (Lipinski definition) is 3. The van der Waals surface area contributed by atoms with Crippen LogP contribution >= 0.6 is 0 Å². The van der Waals surface area contributed by atoms with Crippen LogP contribution in [-0.2, 0) is 9.84 Å². The molecule has 2 heterocycles. The Bertz CT molecular complexity index is 813. The smallest absolute Gasteiger partial charge is 0.270 e. The van der Waals surface area contributed by atoms with E-state index in [1.165, 1.54) is 17.0 Å². The Kier molecular flexibility index (Phi) is 3.24. The summed E-state index contributed by atoms with van der Waals surface area (Å²) >= 11 is 0. The number of halogens is 1. The van der Waals surface area contributed by atoms with Crippen molar-refractivity contribution in [3.63, 3.8) is 0 Å². The number of carbonyl (C=O) groups is 1.